The number of benzene rings is 1. The van der Waals surface area contributed by atoms with Gasteiger partial charge in [-0.05, 0) is 31.4 Å². The van der Waals surface area contributed by atoms with Crippen molar-refractivity contribution in [2.45, 2.75) is 31.7 Å². The first-order chi connectivity index (χ1) is 8.66. The van der Waals surface area contributed by atoms with Crippen molar-refractivity contribution in [1.82, 2.24) is 5.32 Å². The standard InChI is InChI=1S/C14H17NO3/c16-13(10-5-2-1-3-6-10)15-12-8-4-7-11(9-12)14(17)18/h1-3,5-6,11-12H,4,7-9H2,(H,15,16)(H,17,18)/t11-,12-/m1/s1. The summed E-state index contributed by atoms with van der Waals surface area (Å²) < 4.78 is 0. The number of hydrogen-bond donors (Lipinski definition) is 2. The largest absolute Gasteiger partial charge is 0.481 e. The van der Waals surface area contributed by atoms with Gasteiger partial charge in [-0.15, -0.1) is 0 Å². The predicted octanol–water partition coefficient (Wildman–Crippen LogP) is 2.06. The molecule has 0 unspecified atom stereocenters. The maximum atomic E-state index is 11.9. The molecule has 0 heterocycles. The molecule has 1 amide bonds. The minimum atomic E-state index is -0.756. The lowest BCUT2D eigenvalue weighted by atomic mass is 9.85. The van der Waals surface area contributed by atoms with E-state index in [2.05, 4.69) is 5.32 Å². The van der Waals surface area contributed by atoms with E-state index in [1.165, 1.54) is 0 Å². The van der Waals surface area contributed by atoms with E-state index in [1.54, 1.807) is 12.1 Å². The predicted molar refractivity (Wildman–Crippen MR) is 67.3 cm³/mol. The highest BCUT2D eigenvalue weighted by Gasteiger charge is 2.27. The molecule has 96 valence electrons. The molecule has 1 aliphatic carbocycles. The molecular weight excluding hydrogens is 230 g/mol. The van der Waals surface area contributed by atoms with Gasteiger partial charge >= 0.3 is 5.97 Å². The zero-order valence-corrected chi connectivity index (χ0v) is 10.1. The third-order valence-corrected chi connectivity index (χ3v) is 3.39. The van der Waals surface area contributed by atoms with Crippen molar-refractivity contribution in [2.75, 3.05) is 0 Å². The fourth-order valence-corrected chi connectivity index (χ4v) is 2.40. The second-order valence-corrected chi connectivity index (χ2v) is 4.74. The minimum Gasteiger partial charge on any atom is -0.481 e. The normalized spacial score (nSPS) is 23.3. The van der Waals surface area contributed by atoms with Gasteiger partial charge in [0, 0.05) is 11.6 Å². The van der Waals surface area contributed by atoms with Crippen LogP contribution in [0.25, 0.3) is 0 Å². The van der Waals surface area contributed by atoms with Crippen molar-refractivity contribution in [1.29, 1.82) is 0 Å². The summed E-state index contributed by atoms with van der Waals surface area (Å²) in [6, 6.07) is 8.98. The molecule has 0 bridgehead atoms. The molecule has 0 saturated heterocycles. The summed E-state index contributed by atoms with van der Waals surface area (Å²) in [6.45, 7) is 0. The molecule has 1 aromatic rings. The van der Waals surface area contributed by atoms with Crippen molar-refractivity contribution in [3.05, 3.63) is 35.9 Å². The molecule has 2 rings (SSSR count). The van der Waals surface area contributed by atoms with E-state index in [-0.39, 0.29) is 17.9 Å². The van der Waals surface area contributed by atoms with E-state index in [4.69, 9.17) is 5.11 Å². The topological polar surface area (TPSA) is 66.4 Å². The number of carboxylic acids is 1. The molecule has 1 fully saturated rings. The van der Waals surface area contributed by atoms with Crippen LogP contribution in [0.4, 0.5) is 0 Å². The van der Waals surface area contributed by atoms with Gasteiger partial charge in [-0.2, -0.15) is 0 Å². The smallest absolute Gasteiger partial charge is 0.306 e. The lowest BCUT2D eigenvalue weighted by Crippen LogP contribution is -2.39. The average Bonchev–Trinajstić information content (AvgIpc) is 2.40. The Labute approximate surface area is 106 Å². The Bertz CT molecular complexity index is 430. The second kappa shape index (κ2) is 5.67. The zero-order chi connectivity index (χ0) is 13.0. The lowest BCUT2D eigenvalue weighted by molar-refractivity contribution is -0.143. The Kier molecular flexibility index (Phi) is 3.97. The van der Waals surface area contributed by atoms with Crippen LogP contribution >= 0.6 is 0 Å². The zero-order valence-electron chi connectivity index (χ0n) is 10.1. The number of carboxylic acid groups (broad SMARTS) is 1. The summed E-state index contributed by atoms with van der Waals surface area (Å²) in [5, 5.41) is 11.9. The fraction of sp³-hybridized carbons (Fsp3) is 0.429. The van der Waals surface area contributed by atoms with Crippen LogP contribution in [0.1, 0.15) is 36.0 Å². The first-order valence-corrected chi connectivity index (χ1v) is 6.25. The Morgan fingerprint density at radius 1 is 1.17 bits per heavy atom. The van der Waals surface area contributed by atoms with E-state index < -0.39 is 5.97 Å². The van der Waals surface area contributed by atoms with Crippen LogP contribution in [0.2, 0.25) is 0 Å². The third-order valence-electron chi connectivity index (χ3n) is 3.39. The first-order valence-electron chi connectivity index (χ1n) is 6.25. The molecule has 0 radical (unpaired) electrons. The average molecular weight is 247 g/mol. The summed E-state index contributed by atoms with van der Waals surface area (Å²) in [5.74, 6) is -1.19. The van der Waals surface area contributed by atoms with Crippen LogP contribution < -0.4 is 5.32 Å². The number of hydrogen-bond acceptors (Lipinski definition) is 2. The third kappa shape index (κ3) is 3.09. The van der Waals surface area contributed by atoms with Gasteiger partial charge in [-0.3, -0.25) is 9.59 Å². The Balaban J connectivity index is 1.93. The van der Waals surface area contributed by atoms with Gasteiger partial charge in [-0.25, -0.2) is 0 Å². The number of rotatable bonds is 3. The molecule has 1 aliphatic rings. The maximum absolute atomic E-state index is 11.9. The molecule has 18 heavy (non-hydrogen) atoms. The molecule has 0 aliphatic heterocycles. The van der Waals surface area contributed by atoms with Crippen molar-refractivity contribution in [3.63, 3.8) is 0 Å². The van der Waals surface area contributed by atoms with Crippen LogP contribution in [0.3, 0.4) is 0 Å². The van der Waals surface area contributed by atoms with Crippen LogP contribution in [0.5, 0.6) is 0 Å². The Morgan fingerprint density at radius 2 is 1.89 bits per heavy atom. The van der Waals surface area contributed by atoms with Gasteiger partial charge in [0.15, 0.2) is 0 Å². The van der Waals surface area contributed by atoms with Crippen LogP contribution in [0.15, 0.2) is 30.3 Å². The number of nitrogens with one attached hydrogen (secondary N) is 1. The highest BCUT2D eigenvalue weighted by Crippen LogP contribution is 2.24. The number of carbonyl (C=O) groups excluding carboxylic acids is 1. The summed E-state index contributed by atoms with van der Waals surface area (Å²) in [7, 11) is 0. The minimum absolute atomic E-state index is 0.0208. The van der Waals surface area contributed by atoms with Crippen molar-refractivity contribution >= 4 is 11.9 Å². The van der Waals surface area contributed by atoms with Crippen molar-refractivity contribution < 1.29 is 14.7 Å². The van der Waals surface area contributed by atoms with Gasteiger partial charge < -0.3 is 10.4 Å². The SMILES string of the molecule is O=C(N[C@@H]1CCC[C@@H](C(=O)O)C1)c1ccccc1. The van der Waals surface area contributed by atoms with E-state index in [1.807, 2.05) is 18.2 Å². The molecule has 1 aromatic carbocycles. The van der Waals surface area contributed by atoms with Gasteiger partial charge in [0.1, 0.15) is 0 Å². The molecule has 4 heteroatoms. The van der Waals surface area contributed by atoms with E-state index in [0.29, 0.717) is 18.4 Å². The molecular formula is C14H17NO3. The lowest BCUT2D eigenvalue weighted by Gasteiger charge is -2.27. The van der Waals surface area contributed by atoms with Crippen molar-refractivity contribution in [2.24, 2.45) is 5.92 Å². The van der Waals surface area contributed by atoms with Crippen LogP contribution in [-0.2, 0) is 4.79 Å². The van der Waals surface area contributed by atoms with Gasteiger partial charge in [0.05, 0.1) is 5.92 Å². The Morgan fingerprint density at radius 3 is 2.56 bits per heavy atom. The molecule has 0 spiro atoms. The second-order valence-electron chi connectivity index (χ2n) is 4.74. The van der Waals surface area contributed by atoms with E-state index in [0.717, 1.165) is 12.8 Å². The summed E-state index contributed by atoms with van der Waals surface area (Å²) in [6.07, 6.45) is 2.97. The highest BCUT2D eigenvalue weighted by molar-refractivity contribution is 5.94. The molecule has 4 nitrogen and oxygen atoms in total. The fourth-order valence-electron chi connectivity index (χ4n) is 2.40. The van der Waals surface area contributed by atoms with E-state index in [9.17, 15) is 9.59 Å². The first kappa shape index (κ1) is 12.6. The van der Waals surface area contributed by atoms with Gasteiger partial charge in [-0.1, -0.05) is 24.6 Å². The molecule has 2 N–H and O–H groups in total. The Hall–Kier alpha value is -1.84. The number of carbonyl (C=O) groups is 2. The summed E-state index contributed by atoms with van der Waals surface area (Å²) in [4.78, 5) is 22.9. The van der Waals surface area contributed by atoms with Gasteiger partial charge in [0.25, 0.3) is 5.91 Å². The van der Waals surface area contributed by atoms with Crippen LogP contribution in [0, 0.1) is 5.92 Å². The highest BCUT2D eigenvalue weighted by atomic mass is 16.4. The van der Waals surface area contributed by atoms with Gasteiger partial charge in [0.2, 0.25) is 0 Å². The number of aliphatic carboxylic acids is 1. The molecule has 0 aromatic heterocycles. The van der Waals surface area contributed by atoms with Crippen molar-refractivity contribution in [3.8, 4) is 0 Å². The number of amides is 1. The molecule has 1 saturated carbocycles. The molecule has 2 atom stereocenters. The monoisotopic (exact) mass is 247 g/mol. The van der Waals surface area contributed by atoms with Crippen LogP contribution in [-0.4, -0.2) is 23.0 Å². The quantitative estimate of drug-likeness (QED) is 0.859. The maximum Gasteiger partial charge on any atom is 0.306 e. The van der Waals surface area contributed by atoms with E-state index >= 15 is 0 Å². The summed E-state index contributed by atoms with van der Waals surface area (Å²) >= 11 is 0. The summed E-state index contributed by atoms with van der Waals surface area (Å²) in [5.41, 5.74) is 0.620.